The predicted octanol–water partition coefficient (Wildman–Crippen LogP) is 3.31. The molecule has 0 aromatic carbocycles. The average Bonchev–Trinajstić information content (AvgIpc) is 2.73. The van der Waals surface area contributed by atoms with Gasteiger partial charge in [-0.05, 0) is 50.9 Å². The summed E-state index contributed by atoms with van der Waals surface area (Å²) >= 11 is 8.69. The zero-order valence-corrected chi connectivity index (χ0v) is 11.5. The SMILES string of the molecule is NCC1CCOC1c1cc(Br)c(Br)s1. The maximum absolute atomic E-state index is 5.71. The number of hydrogen-bond acceptors (Lipinski definition) is 3. The van der Waals surface area contributed by atoms with Gasteiger partial charge in [-0.25, -0.2) is 0 Å². The molecule has 2 N–H and O–H groups in total. The molecule has 0 amide bonds. The second-order valence-electron chi connectivity index (χ2n) is 3.35. The summed E-state index contributed by atoms with van der Waals surface area (Å²) in [5.74, 6) is 0.479. The van der Waals surface area contributed by atoms with Gasteiger partial charge in [-0.3, -0.25) is 0 Å². The lowest BCUT2D eigenvalue weighted by Crippen LogP contribution is -2.17. The van der Waals surface area contributed by atoms with Crippen molar-refractivity contribution >= 4 is 43.2 Å². The van der Waals surface area contributed by atoms with Crippen molar-refractivity contribution in [1.29, 1.82) is 0 Å². The van der Waals surface area contributed by atoms with Gasteiger partial charge in [-0.1, -0.05) is 0 Å². The minimum atomic E-state index is 0.201. The summed E-state index contributed by atoms with van der Waals surface area (Å²) in [6.07, 6.45) is 1.28. The van der Waals surface area contributed by atoms with Gasteiger partial charge in [0.15, 0.2) is 0 Å². The van der Waals surface area contributed by atoms with Crippen LogP contribution >= 0.6 is 43.2 Å². The van der Waals surface area contributed by atoms with Crippen LogP contribution in [0, 0.1) is 5.92 Å². The third-order valence-corrected chi connectivity index (χ3v) is 5.78. The number of thiophene rings is 1. The molecule has 5 heteroatoms. The predicted molar refractivity (Wildman–Crippen MR) is 65.6 cm³/mol. The van der Waals surface area contributed by atoms with Crippen LogP contribution in [0.4, 0.5) is 0 Å². The Morgan fingerprint density at radius 2 is 2.36 bits per heavy atom. The maximum atomic E-state index is 5.71. The summed E-state index contributed by atoms with van der Waals surface area (Å²) < 4.78 is 7.92. The van der Waals surface area contributed by atoms with Crippen molar-refractivity contribution in [3.63, 3.8) is 0 Å². The molecule has 2 rings (SSSR count). The Morgan fingerprint density at radius 3 is 2.93 bits per heavy atom. The molecule has 2 nitrogen and oxygen atoms in total. The molecule has 1 aliphatic heterocycles. The lowest BCUT2D eigenvalue weighted by molar-refractivity contribution is 0.0953. The number of nitrogens with two attached hydrogens (primary N) is 1. The Hall–Kier alpha value is 0.580. The van der Waals surface area contributed by atoms with Gasteiger partial charge >= 0.3 is 0 Å². The molecular formula is C9H11Br2NOS. The van der Waals surface area contributed by atoms with Crippen LogP contribution in [0.1, 0.15) is 17.4 Å². The maximum Gasteiger partial charge on any atom is 0.0958 e. The fourth-order valence-corrected chi connectivity index (χ4v) is 3.93. The zero-order chi connectivity index (χ0) is 10.1. The van der Waals surface area contributed by atoms with Crippen molar-refractivity contribution in [2.24, 2.45) is 11.7 Å². The lowest BCUT2D eigenvalue weighted by atomic mass is 10.0. The van der Waals surface area contributed by atoms with Crippen LogP contribution < -0.4 is 5.73 Å². The van der Waals surface area contributed by atoms with Gasteiger partial charge in [0.1, 0.15) is 0 Å². The van der Waals surface area contributed by atoms with Crippen LogP contribution in [0.5, 0.6) is 0 Å². The van der Waals surface area contributed by atoms with Gasteiger partial charge in [0.25, 0.3) is 0 Å². The molecular weight excluding hydrogens is 330 g/mol. The molecule has 1 fully saturated rings. The minimum absolute atomic E-state index is 0.201. The summed E-state index contributed by atoms with van der Waals surface area (Å²) in [6, 6.07) is 2.12. The van der Waals surface area contributed by atoms with Crippen molar-refractivity contribution in [3.05, 3.63) is 19.2 Å². The van der Waals surface area contributed by atoms with Crippen LogP contribution in [-0.2, 0) is 4.74 Å². The molecule has 0 radical (unpaired) electrons. The van der Waals surface area contributed by atoms with Crippen LogP contribution in [0.3, 0.4) is 0 Å². The van der Waals surface area contributed by atoms with Crippen molar-refractivity contribution in [2.75, 3.05) is 13.2 Å². The monoisotopic (exact) mass is 339 g/mol. The first-order valence-electron chi connectivity index (χ1n) is 4.48. The van der Waals surface area contributed by atoms with Crippen LogP contribution in [0.2, 0.25) is 0 Å². The molecule has 2 atom stereocenters. The normalized spacial score (nSPS) is 27.1. The Morgan fingerprint density at radius 1 is 1.57 bits per heavy atom. The first kappa shape index (κ1) is 11.1. The van der Waals surface area contributed by atoms with E-state index >= 15 is 0 Å². The number of ether oxygens (including phenoxy) is 1. The summed E-state index contributed by atoms with van der Waals surface area (Å²) in [6.45, 7) is 1.54. The average molecular weight is 341 g/mol. The summed E-state index contributed by atoms with van der Waals surface area (Å²) in [5, 5.41) is 0. The van der Waals surface area contributed by atoms with Gasteiger partial charge in [-0.15, -0.1) is 11.3 Å². The highest BCUT2D eigenvalue weighted by Gasteiger charge is 2.30. The Labute approximate surface area is 104 Å². The minimum Gasteiger partial charge on any atom is -0.372 e. The Bertz CT molecular complexity index is 309. The highest BCUT2D eigenvalue weighted by Crippen LogP contribution is 2.42. The second kappa shape index (κ2) is 4.61. The van der Waals surface area contributed by atoms with E-state index in [0.29, 0.717) is 12.5 Å². The standard InChI is InChI=1S/C9H11Br2NOS/c10-6-3-7(14-9(6)11)8-5(4-12)1-2-13-8/h3,5,8H,1-2,4,12H2. The van der Waals surface area contributed by atoms with Gasteiger partial charge in [0.2, 0.25) is 0 Å². The molecule has 1 aliphatic rings. The van der Waals surface area contributed by atoms with Crippen molar-refractivity contribution in [3.8, 4) is 0 Å². The second-order valence-corrected chi connectivity index (χ2v) is 6.60. The molecule has 78 valence electrons. The third kappa shape index (κ3) is 2.07. The van der Waals surface area contributed by atoms with Gasteiger partial charge in [0, 0.05) is 21.9 Å². The smallest absolute Gasteiger partial charge is 0.0958 e. The third-order valence-electron chi connectivity index (χ3n) is 2.46. The first-order chi connectivity index (χ1) is 6.72. The summed E-state index contributed by atoms with van der Waals surface area (Å²) in [4.78, 5) is 1.26. The fraction of sp³-hybridized carbons (Fsp3) is 0.556. The quantitative estimate of drug-likeness (QED) is 0.896. The molecule has 1 aromatic heterocycles. The molecule has 1 saturated heterocycles. The van der Waals surface area contributed by atoms with E-state index in [4.69, 9.17) is 10.5 Å². The molecule has 2 unspecified atom stereocenters. The summed E-state index contributed by atoms with van der Waals surface area (Å²) in [5.41, 5.74) is 5.71. The fourth-order valence-electron chi connectivity index (χ4n) is 1.69. The lowest BCUT2D eigenvalue weighted by Gasteiger charge is -2.14. The van der Waals surface area contributed by atoms with Crippen molar-refractivity contribution < 1.29 is 4.74 Å². The summed E-state index contributed by atoms with van der Waals surface area (Å²) in [7, 11) is 0. The van der Waals surface area contributed by atoms with E-state index < -0.39 is 0 Å². The Balaban J connectivity index is 2.21. The van der Waals surface area contributed by atoms with E-state index in [9.17, 15) is 0 Å². The number of halogens is 2. The largest absolute Gasteiger partial charge is 0.372 e. The van der Waals surface area contributed by atoms with Crippen LogP contribution in [0.25, 0.3) is 0 Å². The molecule has 0 saturated carbocycles. The number of rotatable bonds is 2. The molecule has 0 aliphatic carbocycles. The van der Waals surface area contributed by atoms with E-state index in [1.54, 1.807) is 11.3 Å². The number of hydrogen-bond donors (Lipinski definition) is 1. The topological polar surface area (TPSA) is 35.2 Å². The van der Waals surface area contributed by atoms with Crippen LogP contribution in [0.15, 0.2) is 14.3 Å². The zero-order valence-electron chi connectivity index (χ0n) is 7.50. The molecule has 2 heterocycles. The highest BCUT2D eigenvalue weighted by atomic mass is 79.9. The van der Waals surface area contributed by atoms with Crippen molar-refractivity contribution in [1.82, 2.24) is 0 Å². The molecule has 0 spiro atoms. The van der Waals surface area contributed by atoms with Gasteiger partial charge < -0.3 is 10.5 Å². The van der Waals surface area contributed by atoms with E-state index in [-0.39, 0.29) is 6.10 Å². The molecule has 0 bridgehead atoms. The molecule has 1 aromatic rings. The van der Waals surface area contributed by atoms with E-state index in [1.807, 2.05) is 0 Å². The first-order valence-corrected chi connectivity index (χ1v) is 6.89. The van der Waals surface area contributed by atoms with E-state index in [0.717, 1.165) is 21.3 Å². The van der Waals surface area contributed by atoms with E-state index in [1.165, 1.54) is 4.88 Å². The van der Waals surface area contributed by atoms with Gasteiger partial charge in [0.05, 0.1) is 9.89 Å². The van der Waals surface area contributed by atoms with Crippen LogP contribution in [-0.4, -0.2) is 13.2 Å². The highest BCUT2D eigenvalue weighted by molar-refractivity contribution is 9.13. The van der Waals surface area contributed by atoms with Crippen molar-refractivity contribution in [2.45, 2.75) is 12.5 Å². The van der Waals surface area contributed by atoms with Gasteiger partial charge in [-0.2, -0.15) is 0 Å². The Kier molecular flexibility index (Phi) is 3.65. The van der Waals surface area contributed by atoms with E-state index in [2.05, 4.69) is 37.9 Å². The molecule has 14 heavy (non-hydrogen) atoms.